The second-order valence-electron chi connectivity index (χ2n) is 5.47. The van der Waals surface area contributed by atoms with Crippen LogP contribution in [0.2, 0.25) is 10.0 Å². The third-order valence-electron chi connectivity index (χ3n) is 3.35. The van der Waals surface area contributed by atoms with E-state index in [1.807, 2.05) is 0 Å². The van der Waals surface area contributed by atoms with E-state index in [-0.39, 0.29) is 11.9 Å². The Morgan fingerprint density at radius 2 is 1.79 bits per heavy atom. The maximum Gasteiger partial charge on any atom is 0.346 e. The predicted octanol–water partition coefficient (Wildman–Crippen LogP) is 5.34. The molecule has 0 aliphatic carbocycles. The van der Waals surface area contributed by atoms with Crippen molar-refractivity contribution >= 4 is 46.9 Å². The molecule has 9 heteroatoms. The Kier molecular flexibility index (Phi) is 8.29. The van der Waals surface area contributed by atoms with E-state index in [0.29, 0.717) is 27.3 Å². The van der Waals surface area contributed by atoms with Gasteiger partial charge in [-0.1, -0.05) is 35.0 Å². The molecule has 0 heterocycles. The Hall–Kier alpha value is -2.09. The Balaban J connectivity index is 2.17. The first-order valence-electron chi connectivity index (χ1n) is 8.07. The molecule has 6 nitrogen and oxygen atoms in total. The van der Waals surface area contributed by atoms with E-state index in [9.17, 15) is 9.59 Å². The summed E-state index contributed by atoms with van der Waals surface area (Å²) in [5.74, 6) is 0.290. The Morgan fingerprint density at radius 1 is 1.07 bits per heavy atom. The van der Waals surface area contributed by atoms with Crippen LogP contribution in [-0.4, -0.2) is 31.1 Å². The SMILES string of the molecule is COC(=O)[C@H](C)Oc1ccc(Cl)cc1Oc1ccc(SCOC(C)=O)cc1Cl. The van der Waals surface area contributed by atoms with Crippen molar-refractivity contribution in [3.8, 4) is 17.2 Å². The molecule has 0 saturated heterocycles. The largest absolute Gasteiger partial charge is 0.475 e. The maximum absolute atomic E-state index is 11.6. The minimum Gasteiger partial charge on any atom is -0.475 e. The van der Waals surface area contributed by atoms with Gasteiger partial charge in [-0.3, -0.25) is 4.79 Å². The van der Waals surface area contributed by atoms with E-state index in [1.54, 1.807) is 43.3 Å². The van der Waals surface area contributed by atoms with Crippen molar-refractivity contribution in [3.63, 3.8) is 0 Å². The number of ether oxygens (including phenoxy) is 4. The van der Waals surface area contributed by atoms with Crippen LogP contribution in [0.5, 0.6) is 17.2 Å². The van der Waals surface area contributed by atoms with E-state index in [0.717, 1.165) is 4.90 Å². The fraction of sp³-hybridized carbons (Fsp3) is 0.263. The Bertz CT molecular complexity index is 858. The first kappa shape index (κ1) is 22.2. The summed E-state index contributed by atoms with van der Waals surface area (Å²) in [7, 11) is 1.28. The van der Waals surface area contributed by atoms with E-state index >= 15 is 0 Å². The monoisotopic (exact) mass is 444 g/mol. The maximum atomic E-state index is 11.6. The summed E-state index contributed by atoms with van der Waals surface area (Å²) < 4.78 is 21.0. The molecule has 2 aromatic rings. The normalized spacial score (nSPS) is 11.5. The number of carbonyl (C=O) groups is 2. The molecule has 2 aromatic carbocycles. The van der Waals surface area contributed by atoms with Crippen molar-refractivity contribution in [3.05, 3.63) is 46.4 Å². The highest BCUT2D eigenvalue weighted by Crippen LogP contribution is 2.38. The molecule has 1 atom stereocenters. The smallest absolute Gasteiger partial charge is 0.346 e. The summed E-state index contributed by atoms with van der Waals surface area (Å²) in [5, 5.41) is 0.775. The molecule has 0 saturated carbocycles. The van der Waals surface area contributed by atoms with Crippen LogP contribution >= 0.6 is 35.0 Å². The first-order chi connectivity index (χ1) is 13.3. The zero-order valence-electron chi connectivity index (χ0n) is 15.4. The average molecular weight is 445 g/mol. The molecule has 0 bridgehead atoms. The molecule has 0 N–H and O–H groups in total. The van der Waals surface area contributed by atoms with Gasteiger partial charge in [0.25, 0.3) is 0 Å². The van der Waals surface area contributed by atoms with Gasteiger partial charge in [0.2, 0.25) is 0 Å². The van der Waals surface area contributed by atoms with Gasteiger partial charge in [0, 0.05) is 22.9 Å². The van der Waals surface area contributed by atoms with Gasteiger partial charge < -0.3 is 18.9 Å². The van der Waals surface area contributed by atoms with Crippen LogP contribution < -0.4 is 9.47 Å². The van der Waals surface area contributed by atoms with Crippen molar-refractivity contribution in [2.45, 2.75) is 24.8 Å². The minimum atomic E-state index is -0.830. The summed E-state index contributed by atoms with van der Waals surface area (Å²) in [4.78, 5) is 23.2. The number of halogens is 2. The topological polar surface area (TPSA) is 71.1 Å². The minimum absolute atomic E-state index is 0.184. The summed E-state index contributed by atoms with van der Waals surface area (Å²) >= 11 is 13.7. The number of benzene rings is 2. The highest BCUT2D eigenvalue weighted by Gasteiger charge is 2.18. The molecule has 0 spiro atoms. The lowest BCUT2D eigenvalue weighted by atomic mass is 10.3. The van der Waals surface area contributed by atoms with Crippen molar-refractivity contribution < 1.29 is 28.5 Å². The second-order valence-corrected chi connectivity index (χ2v) is 7.31. The van der Waals surface area contributed by atoms with Crippen LogP contribution in [-0.2, 0) is 19.1 Å². The molecule has 0 aliphatic heterocycles. The van der Waals surface area contributed by atoms with Gasteiger partial charge in [0.15, 0.2) is 17.6 Å². The first-order valence-corrected chi connectivity index (χ1v) is 9.82. The van der Waals surface area contributed by atoms with Gasteiger partial charge in [-0.15, -0.1) is 0 Å². The predicted molar refractivity (Wildman–Crippen MR) is 108 cm³/mol. The number of rotatable bonds is 8. The van der Waals surface area contributed by atoms with Crippen LogP contribution in [0.25, 0.3) is 0 Å². The lowest BCUT2D eigenvalue weighted by Crippen LogP contribution is -2.25. The number of esters is 2. The van der Waals surface area contributed by atoms with Gasteiger partial charge in [-0.05, 0) is 37.3 Å². The van der Waals surface area contributed by atoms with Crippen molar-refractivity contribution in [2.75, 3.05) is 13.0 Å². The standard InChI is InChI=1S/C19H18Cl2O6S/c1-11(19(23)24-3)26-17-6-4-13(20)8-18(17)27-16-7-5-14(9-15(16)21)28-10-25-12(2)22/h4-9,11H,10H2,1-3H3/t11-/m0/s1. The molecule has 0 amide bonds. The van der Waals surface area contributed by atoms with Crippen LogP contribution in [0.3, 0.4) is 0 Å². The van der Waals surface area contributed by atoms with Gasteiger partial charge >= 0.3 is 11.9 Å². The van der Waals surface area contributed by atoms with Crippen molar-refractivity contribution in [1.29, 1.82) is 0 Å². The third kappa shape index (κ3) is 6.51. The van der Waals surface area contributed by atoms with Crippen LogP contribution in [0, 0.1) is 0 Å². The Morgan fingerprint density at radius 3 is 2.43 bits per heavy atom. The fourth-order valence-corrected chi connectivity index (χ4v) is 3.19. The molecule has 0 aliphatic rings. The van der Waals surface area contributed by atoms with E-state index in [1.165, 1.54) is 25.8 Å². The number of hydrogen-bond donors (Lipinski definition) is 0. The Labute approximate surface area is 177 Å². The van der Waals surface area contributed by atoms with Crippen molar-refractivity contribution in [1.82, 2.24) is 0 Å². The van der Waals surface area contributed by atoms with E-state index in [2.05, 4.69) is 4.74 Å². The molecule has 0 fully saturated rings. The van der Waals surface area contributed by atoms with Gasteiger partial charge in [-0.2, -0.15) is 0 Å². The number of methoxy groups -OCH3 is 1. The molecule has 150 valence electrons. The van der Waals surface area contributed by atoms with Crippen molar-refractivity contribution in [2.24, 2.45) is 0 Å². The van der Waals surface area contributed by atoms with Crippen LogP contribution in [0.1, 0.15) is 13.8 Å². The summed E-state index contributed by atoms with van der Waals surface area (Å²) in [6.45, 7) is 2.91. The van der Waals surface area contributed by atoms with Crippen LogP contribution in [0.4, 0.5) is 0 Å². The summed E-state index contributed by atoms with van der Waals surface area (Å²) in [6, 6.07) is 9.90. The zero-order chi connectivity index (χ0) is 20.7. The highest BCUT2D eigenvalue weighted by atomic mass is 35.5. The number of thioether (sulfide) groups is 1. The average Bonchev–Trinajstić information content (AvgIpc) is 2.64. The molecular weight excluding hydrogens is 427 g/mol. The molecule has 28 heavy (non-hydrogen) atoms. The third-order valence-corrected chi connectivity index (χ3v) is 4.71. The highest BCUT2D eigenvalue weighted by molar-refractivity contribution is 7.99. The molecule has 0 radical (unpaired) electrons. The summed E-state index contributed by atoms with van der Waals surface area (Å²) in [5.41, 5.74) is 0. The molecule has 2 rings (SSSR count). The lowest BCUT2D eigenvalue weighted by Gasteiger charge is -2.17. The van der Waals surface area contributed by atoms with Gasteiger partial charge in [-0.25, -0.2) is 4.79 Å². The summed E-state index contributed by atoms with van der Waals surface area (Å²) in [6.07, 6.45) is -0.830. The van der Waals surface area contributed by atoms with Crippen LogP contribution in [0.15, 0.2) is 41.3 Å². The van der Waals surface area contributed by atoms with E-state index in [4.69, 9.17) is 37.4 Å². The quantitative estimate of drug-likeness (QED) is 0.309. The number of carbonyl (C=O) groups excluding carboxylic acids is 2. The zero-order valence-corrected chi connectivity index (χ0v) is 17.7. The molecule has 0 unspecified atom stereocenters. The van der Waals surface area contributed by atoms with E-state index < -0.39 is 12.1 Å². The molecular formula is C19H18Cl2O6S. The fourth-order valence-electron chi connectivity index (χ4n) is 2.02. The second kappa shape index (κ2) is 10.5. The number of hydrogen-bond acceptors (Lipinski definition) is 7. The van der Waals surface area contributed by atoms with Gasteiger partial charge in [0.05, 0.1) is 12.1 Å². The molecule has 0 aromatic heterocycles. The van der Waals surface area contributed by atoms with Gasteiger partial charge in [0.1, 0.15) is 11.7 Å². The lowest BCUT2D eigenvalue weighted by molar-refractivity contribution is -0.148.